The molecular weight excluding hydrogens is 313 g/mol. The molecule has 0 aromatic heterocycles. The molecule has 0 aliphatic carbocycles. The maximum Gasteiger partial charge on any atom is 0.242 e. The number of hydrogen-bond acceptors (Lipinski definition) is 6. The van der Waals surface area contributed by atoms with Crippen molar-refractivity contribution < 1.29 is 20.5 Å². The highest BCUT2D eigenvalue weighted by Gasteiger charge is 2.37. The van der Waals surface area contributed by atoms with Crippen molar-refractivity contribution in [1.29, 1.82) is 5.15 Å². The predicted octanol–water partition coefficient (Wildman–Crippen LogP) is 0.911. The summed E-state index contributed by atoms with van der Waals surface area (Å²) in [4.78, 5) is 36.1. The molecule has 0 radical (unpaired) electrons. The normalized spacial score (nSPS) is 17.9. The molecule has 7 nitrogen and oxygen atoms in total. The Balaban J connectivity index is 0.00000135. The number of hydrogen-bond donors (Lipinski definition) is 2. The van der Waals surface area contributed by atoms with Gasteiger partial charge in [-0.25, -0.2) is 0 Å². The Morgan fingerprint density at radius 3 is 2.86 bits per heavy atom. The van der Waals surface area contributed by atoms with Gasteiger partial charge in [0.25, 0.3) is 0 Å². The minimum atomic E-state index is -0.284. The molecule has 1 heterocycles. The maximum absolute atomic E-state index is 11.8. The monoisotopic (exact) mass is 336 g/mol. The van der Waals surface area contributed by atoms with Crippen LogP contribution in [0.25, 0.3) is 0 Å². The van der Waals surface area contributed by atoms with Gasteiger partial charge in [-0.15, -0.1) is 0 Å². The van der Waals surface area contributed by atoms with Gasteiger partial charge in [-0.05, 0) is 22.2 Å². The molecule has 1 aliphatic heterocycles. The summed E-state index contributed by atoms with van der Waals surface area (Å²) in [5.74, 6) is -0.543. The van der Waals surface area contributed by atoms with Crippen LogP contribution in [0.3, 0.4) is 0 Å². The molecule has 1 fully saturated rings. The summed E-state index contributed by atoms with van der Waals surface area (Å²) in [7, 11) is 2.48. The standard InChI is InChI=1S/C12H20N2O4S.H2NP/c1-3-18-7-5-13-10(15)4-6-14-11(16)8-9(19-2)12(14)17;1-2/h9H,3-8H2,1-2H3,(H,13,15);1-2H/i/hD. The molecule has 2 N–H and O–H groups in total. The fourth-order valence-electron chi connectivity index (χ4n) is 1.78. The van der Waals surface area contributed by atoms with Crippen LogP contribution in [0.1, 0.15) is 19.8 Å². The van der Waals surface area contributed by atoms with Crippen LogP contribution in [0, 0.1) is 5.15 Å². The summed E-state index contributed by atoms with van der Waals surface area (Å²) in [6, 6.07) is 0. The fraction of sp³-hybridized carbons (Fsp3) is 0.750. The third-order valence-electron chi connectivity index (χ3n) is 2.82. The molecular formula is C12H22N3O4PS. The van der Waals surface area contributed by atoms with Crippen LogP contribution in [0.15, 0.2) is 0 Å². The van der Waals surface area contributed by atoms with E-state index >= 15 is 0 Å². The van der Waals surface area contributed by atoms with Crippen molar-refractivity contribution in [1.82, 2.24) is 10.2 Å². The first-order chi connectivity index (χ1) is 10.5. The number of thioether (sulfide) groups is 1. The fourth-order valence-corrected chi connectivity index (χ4v) is 2.42. The summed E-state index contributed by atoms with van der Waals surface area (Å²) in [5, 5.41) is 4.95. The summed E-state index contributed by atoms with van der Waals surface area (Å²) in [6.45, 7) is 3.58. The van der Waals surface area contributed by atoms with Crippen LogP contribution in [-0.4, -0.2) is 60.4 Å². The van der Waals surface area contributed by atoms with Gasteiger partial charge >= 0.3 is 0 Å². The number of nitrogens with one attached hydrogen (secondary N) is 2. The predicted molar refractivity (Wildman–Crippen MR) is 83.8 cm³/mol. The number of imide groups is 1. The van der Waals surface area contributed by atoms with E-state index < -0.39 is 0 Å². The highest BCUT2D eigenvalue weighted by molar-refractivity contribution is 8.00. The van der Waals surface area contributed by atoms with Gasteiger partial charge in [0.15, 0.2) is 1.41 Å². The lowest BCUT2D eigenvalue weighted by Crippen LogP contribution is -2.36. The Labute approximate surface area is 132 Å². The van der Waals surface area contributed by atoms with Crippen LogP contribution >= 0.6 is 20.8 Å². The molecule has 1 saturated heterocycles. The van der Waals surface area contributed by atoms with Crippen LogP contribution < -0.4 is 5.32 Å². The van der Waals surface area contributed by atoms with E-state index in [-0.39, 0.29) is 42.4 Å². The highest BCUT2D eigenvalue weighted by Crippen LogP contribution is 2.22. The molecule has 3 amide bonds. The van der Waals surface area contributed by atoms with Gasteiger partial charge in [-0.2, -0.15) is 11.8 Å². The number of rotatable bonds is 8. The van der Waals surface area contributed by atoms with Gasteiger partial charge in [0.2, 0.25) is 17.7 Å². The van der Waals surface area contributed by atoms with Crippen LogP contribution in [-0.2, 0) is 19.1 Å². The van der Waals surface area contributed by atoms with E-state index in [0.717, 1.165) is 0 Å². The average molecular weight is 336 g/mol. The third-order valence-corrected chi connectivity index (χ3v) is 3.76. The molecule has 1 aliphatic rings. The summed E-state index contributed by atoms with van der Waals surface area (Å²) < 4.78 is 10.8. The lowest BCUT2D eigenvalue weighted by Gasteiger charge is -2.14. The lowest BCUT2D eigenvalue weighted by atomic mass is 10.3. The summed E-state index contributed by atoms with van der Waals surface area (Å²) >= 11 is 1.37. The van der Waals surface area contributed by atoms with Crippen LogP contribution in [0.2, 0.25) is 1.41 Å². The van der Waals surface area contributed by atoms with Crippen molar-refractivity contribution in [3.8, 4) is 0 Å². The van der Waals surface area contributed by atoms with Gasteiger partial charge in [0.05, 0.1) is 11.9 Å². The maximum atomic E-state index is 11.8. The quantitative estimate of drug-likeness (QED) is 0.390. The van der Waals surface area contributed by atoms with Crippen LogP contribution in [0.5, 0.6) is 0 Å². The largest absolute Gasteiger partial charge is 0.380 e. The van der Waals surface area contributed by atoms with Gasteiger partial charge in [0.1, 0.15) is 0 Å². The molecule has 21 heavy (non-hydrogen) atoms. The Bertz CT molecular complexity index is 401. The topological polar surface area (TPSA) is 99.6 Å². The number of amides is 3. The Hall–Kier alpha value is -0.980. The smallest absolute Gasteiger partial charge is 0.242 e. The van der Waals surface area contributed by atoms with Crippen molar-refractivity contribution >= 4 is 38.5 Å². The van der Waals surface area contributed by atoms with Crippen molar-refractivity contribution in [2.45, 2.75) is 25.0 Å². The molecule has 0 spiro atoms. The van der Waals surface area contributed by atoms with E-state index in [4.69, 9.17) is 6.15 Å². The SMILES string of the molecule is CCOCCNC(=O)CCN1C(=O)CC(SC)C1=O.[2H]N=P. The average Bonchev–Trinajstić information content (AvgIpc) is 2.76. The summed E-state index contributed by atoms with van der Waals surface area (Å²) in [6.07, 6.45) is 2.19. The van der Waals surface area contributed by atoms with Crippen LogP contribution in [0.4, 0.5) is 0 Å². The zero-order chi connectivity index (χ0) is 17.0. The second-order valence-electron chi connectivity index (χ2n) is 4.11. The summed E-state index contributed by atoms with van der Waals surface area (Å²) in [5.41, 5.74) is 0. The number of ether oxygens (including phenoxy) is 1. The first-order valence-corrected chi connectivity index (χ1v) is 8.27. The van der Waals surface area contributed by atoms with Crippen molar-refractivity contribution in [3.05, 3.63) is 0 Å². The molecule has 120 valence electrons. The van der Waals surface area contributed by atoms with E-state index in [2.05, 4.69) is 19.5 Å². The molecule has 9 heteroatoms. The molecule has 1 rings (SSSR count). The molecule has 0 saturated carbocycles. The third kappa shape index (κ3) is 7.02. The zero-order valence-electron chi connectivity index (χ0n) is 13.3. The lowest BCUT2D eigenvalue weighted by molar-refractivity contribution is -0.138. The number of carbonyl (C=O) groups is 3. The van der Waals surface area contributed by atoms with Crippen molar-refractivity contribution in [2.75, 3.05) is 32.6 Å². The molecule has 1 atom stereocenters. The van der Waals surface area contributed by atoms with Gasteiger partial charge in [-0.1, -0.05) is 0 Å². The molecule has 0 bridgehead atoms. The highest BCUT2D eigenvalue weighted by atomic mass is 32.2. The van der Waals surface area contributed by atoms with Crippen molar-refractivity contribution in [2.24, 2.45) is 0 Å². The van der Waals surface area contributed by atoms with E-state index in [0.29, 0.717) is 19.8 Å². The molecule has 0 aromatic rings. The van der Waals surface area contributed by atoms with E-state index in [1.165, 1.54) is 16.7 Å². The second-order valence-corrected chi connectivity index (χ2v) is 5.15. The number of likely N-dealkylation sites (tertiary alicyclic amines) is 1. The molecule has 0 aromatic carbocycles. The number of carbonyl (C=O) groups excluding carboxylic acids is 3. The molecule has 1 unspecified atom stereocenters. The minimum absolute atomic E-state index is 0.144. The Kier molecular flexibility index (Phi) is 10.0. The van der Waals surface area contributed by atoms with E-state index in [9.17, 15) is 14.4 Å². The minimum Gasteiger partial charge on any atom is -0.380 e. The van der Waals surface area contributed by atoms with Gasteiger partial charge in [-0.3, -0.25) is 24.4 Å². The van der Waals surface area contributed by atoms with Crippen molar-refractivity contribution in [3.63, 3.8) is 0 Å². The van der Waals surface area contributed by atoms with Gasteiger partial charge in [0, 0.05) is 32.5 Å². The zero-order valence-corrected chi connectivity index (χ0v) is 14.1. The Morgan fingerprint density at radius 2 is 2.33 bits per heavy atom. The Morgan fingerprint density at radius 1 is 1.67 bits per heavy atom. The first-order valence-electron chi connectivity index (χ1n) is 6.98. The van der Waals surface area contributed by atoms with E-state index in [1.54, 1.807) is 6.26 Å². The van der Waals surface area contributed by atoms with Gasteiger partial charge < -0.3 is 10.1 Å². The first kappa shape index (κ1) is 18.1. The van der Waals surface area contributed by atoms with E-state index in [1.807, 2.05) is 6.92 Å². The second kappa shape index (κ2) is 11.7. The number of nitrogens with zero attached hydrogens (tertiary/aromatic N) is 1.